The SMILES string of the molecule is Cc1ccc(N(CC(=O)N(Cc2cccc(C)c2)C(Cc2ccccc2)C(=O)NC(C)(C)C)S(=O)(=O)c2ccc(C)cc2)cc1. The molecule has 2 amide bonds. The van der Waals surface area contributed by atoms with Crippen molar-refractivity contribution in [2.75, 3.05) is 10.8 Å². The first-order chi connectivity index (χ1) is 21.2. The number of rotatable bonds is 11. The molecule has 0 aliphatic rings. The van der Waals surface area contributed by atoms with Gasteiger partial charge in [0.2, 0.25) is 11.8 Å². The molecule has 7 nitrogen and oxygen atoms in total. The highest BCUT2D eigenvalue weighted by molar-refractivity contribution is 7.92. The van der Waals surface area contributed by atoms with Crippen molar-refractivity contribution in [1.82, 2.24) is 10.2 Å². The Morgan fingerprint density at radius 3 is 1.89 bits per heavy atom. The monoisotopic (exact) mass is 625 g/mol. The van der Waals surface area contributed by atoms with Crippen molar-refractivity contribution in [2.45, 2.75) is 71.0 Å². The number of anilines is 1. The van der Waals surface area contributed by atoms with E-state index in [1.54, 1.807) is 36.4 Å². The Hall–Kier alpha value is -4.43. The molecule has 4 rings (SSSR count). The fourth-order valence-corrected chi connectivity index (χ4v) is 6.51. The molecular formula is C37H43N3O4S. The van der Waals surface area contributed by atoms with Gasteiger partial charge in [-0.1, -0.05) is 95.6 Å². The van der Waals surface area contributed by atoms with Gasteiger partial charge in [-0.25, -0.2) is 8.42 Å². The van der Waals surface area contributed by atoms with Crippen molar-refractivity contribution in [2.24, 2.45) is 0 Å². The van der Waals surface area contributed by atoms with E-state index in [9.17, 15) is 18.0 Å². The maximum Gasteiger partial charge on any atom is 0.264 e. The summed E-state index contributed by atoms with van der Waals surface area (Å²) in [4.78, 5) is 30.1. The summed E-state index contributed by atoms with van der Waals surface area (Å²) >= 11 is 0. The molecule has 0 saturated carbocycles. The van der Waals surface area contributed by atoms with Crippen LogP contribution in [-0.2, 0) is 32.6 Å². The fraction of sp³-hybridized carbons (Fsp3) is 0.297. The van der Waals surface area contributed by atoms with E-state index in [1.165, 1.54) is 4.90 Å². The molecule has 0 radical (unpaired) electrons. The van der Waals surface area contributed by atoms with Gasteiger partial charge in [0.15, 0.2) is 0 Å². The summed E-state index contributed by atoms with van der Waals surface area (Å²) in [5, 5.41) is 3.06. The average Bonchev–Trinajstić information content (AvgIpc) is 2.98. The molecule has 4 aromatic carbocycles. The zero-order chi connectivity index (χ0) is 32.8. The van der Waals surface area contributed by atoms with E-state index in [4.69, 9.17) is 0 Å². The average molecular weight is 626 g/mol. The van der Waals surface area contributed by atoms with Gasteiger partial charge in [0, 0.05) is 18.5 Å². The topological polar surface area (TPSA) is 86.8 Å². The molecular weight excluding hydrogens is 582 g/mol. The van der Waals surface area contributed by atoms with Crippen LogP contribution in [0.5, 0.6) is 0 Å². The first-order valence-corrected chi connectivity index (χ1v) is 16.5. The van der Waals surface area contributed by atoms with Gasteiger partial charge in [0.1, 0.15) is 12.6 Å². The van der Waals surface area contributed by atoms with Crippen molar-refractivity contribution in [1.29, 1.82) is 0 Å². The van der Waals surface area contributed by atoms with Crippen LogP contribution in [0.15, 0.2) is 108 Å². The number of nitrogens with one attached hydrogen (secondary N) is 1. The second kappa shape index (κ2) is 14.1. The summed E-state index contributed by atoms with van der Waals surface area (Å²) in [7, 11) is -4.14. The van der Waals surface area contributed by atoms with Crippen LogP contribution in [0.25, 0.3) is 0 Å². The molecule has 1 atom stereocenters. The summed E-state index contributed by atoms with van der Waals surface area (Å²) in [5.74, 6) is -0.798. The predicted octanol–water partition coefficient (Wildman–Crippen LogP) is 6.36. The van der Waals surface area contributed by atoms with Crippen LogP contribution >= 0.6 is 0 Å². The number of carbonyl (C=O) groups is 2. The molecule has 0 spiro atoms. The molecule has 1 N–H and O–H groups in total. The third-order valence-electron chi connectivity index (χ3n) is 7.41. The quantitative estimate of drug-likeness (QED) is 0.210. The fourth-order valence-electron chi connectivity index (χ4n) is 5.09. The Morgan fingerprint density at radius 2 is 1.31 bits per heavy atom. The lowest BCUT2D eigenvalue weighted by atomic mass is 10.0. The van der Waals surface area contributed by atoms with Crippen molar-refractivity contribution >= 4 is 27.5 Å². The van der Waals surface area contributed by atoms with Crippen molar-refractivity contribution in [3.63, 3.8) is 0 Å². The van der Waals surface area contributed by atoms with Crippen LogP contribution in [0.1, 0.15) is 48.6 Å². The third-order valence-corrected chi connectivity index (χ3v) is 9.20. The highest BCUT2D eigenvalue weighted by atomic mass is 32.2. The summed E-state index contributed by atoms with van der Waals surface area (Å²) in [6, 6.07) is 30.0. The lowest BCUT2D eigenvalue weighted by Gasteiger charge is -2.35. The molecule has 4 aromatic rings. The molecule has 45 heavy (non-hydrogen) atoms. The van der Waals surface area contributed by atoms with E-state index >= 15 is 0 Å². The summed E-state index contributed by atoms with van der Waals surface area (Å²) in [5.41, 5.74) is 4.44. The van der Waals surface area contributed by atoms with Gasteiger partial charge in [-0.05, 0) is 76.9 Å². The van der Waals surface area contributed by atoms with Gasteiger partial charge < -0.3 is 10.2 Å². The van der Waals surface area contributed by atoms with Crippen LogP contribution < -0.4 is 9.62 Å². The Kier molecular flexibility index (Phi) is 10.5. The number of amides is 2. The van der Waals surface area contributed by atoms with E-state index in [1.807, 2.05) is 108 Å². The Balaban J connectivity index is 1.81. The summed E-state index contributed by atoms with van der Waals surface area (Å²) < 4.78 is 29.4. The highest BCUT2D eigenvalue weighted by Crippen LogP contribution is 2.26. The lowest BCUT2D eigenvalue weighted by Crippen LogP contribution is -2.56. The molecule has 0 aliphatic heterocycles. The summed E-state index contributed by atoms with van der Waals surface area (Å²) in [6.07, 6.45) is 0.259. The van der Waals surface area contributed by atoms with Crippen LogP contribution in [0.3, 0.4) is 0 Å². The van der Waals surface area contributed by atoms with E-state index in [0.717, 1.165) is 32.1 Å². The van der Waals surface area contributed by atoms with Crippen LogP contribution in [0, 0.1) is 20.8 Å². The Bertz CT molecular complexity index is 1710. The van der Waals surface area contributed by atoms with E-state index in [2.05, 4.69) is 5.32 Å². The minimum Gasteiger partial charge on any atom is -0.350 e. The first-order valence-electron chi connectivity index (χ1n) is 15.1. The molecule has 1 unspecified atom stereocenters. The molecule has 0 aromatic heterocycles. The van der Waals surface area contributed by atoms with Gasteiger partial charge in [0.25, 0.3) is 10.0 Å². The molecule has 0 saturated heterocycles. The number of carbonyl (C=O) groups excluding carboxylic acids is 2. The third kappa shape index (κ3) is 9.05. The molecule has 0 bridgehead atoms. The van der Waals surface area contributed by atoms with E-state index < -0.39 is 34.1 Å². The van der Waals surface area contributed by atoms with Gasteiger partial charge in [-0.3, -0.25) is 13.9 Å². The van der Waals surface area contributed by atoms with Gasteiger partial charge in [-0.15, -0.1) is 0 Å². The number of sulfonamides is 1. The van der Waals surface area contributed by atoms with Gasteiger partial charge >= 0.3 is 0 Å². The Labute approximate surface area is 268 Å². The number of hydrogen-bond donors (Lipinski definition) is 1. The zero-order valence-electron chi connectivity index (χ0n) is 26.9. The highest BCUT2D eigenvalue weighted by Gasteiger charge is 2.35. The second-order valence-electron chi connectivity index (χ2n) is 12.6. The largest absolute Gasteiger partial charge is 0.350 e. The maximum absolute atomic E-state index is 14.6. The van der Waals surface area contributed by atoms with Crippen LogP contribution in [-0.4, -0.2) is 43.3 Å². The van der Waals surface area contributed by atoms with E-state index in [0.29, 0.717) is 5.69 Å². The molecule has 8 heteroatoms. The van der Waals surface area contributed by atoms with Crippen LogP contribution in [0.2, 0.25) is 0 Å². The van der Waals surface area contributed by atoms with Crippen molar-refractivity contribution in [3.8, 4) is 0 Å². The van der Waals surface area contributed by atoms with Crippen molar-refractivity contribution in [3.05, 3.63) is 131 Å². The molecule has 0 heterocycles. The smallest absolute Gasteiger partial charge is 0.264 e. The normalized spacial score (nSPS) is 12.3. The molecule has 0 aliphatic carbocycles. The number of benzene rings is 4. The number of nitrogens with zero attached hydrogens (tertiary/aromatic N) is 2. The van der Waals surface area contributed by atoms with Crippen LogP contribution in [0.4, 0.5) is 5.69 Å². The summed E-state index contributed by atoms with van der Waals surface area (Å²) in [6.45, 7) is 11.1. The second-order valence-corrected chi connectivity index (χ2v) is 14.5. The number of hydrogen-bond acceptors (Lipinski definition) is 4. The molecule has 0 fully saturated rings. The van der Waals surface area contributed by atoms with Gasteiger partial charge in [-0.2, -0.15) is 0 Å². The minimum atomic E-state index is -4.14. The number of aryl methyl sites for hydroxylation is 3. The zero-order valence-corrected chi connectivity index (χ0v) is 27.8. The van der Waals surface area contributed by atoms with Gasteiger partial charge in [0.05, 0.1) is 10.6 Å². The maximum atomic E-state index is 14.6. The first kappa shape index (κ1) is 33.5. The minimum absolute atomic E-state index is 0.0815. The van der Waals surface area contributed by atoms with E-state index in [-0.39, 0.29) is 23.8 Å². The molecule has 236 valence electrons. The predicted molar refractivity (Wildman–Crippen MR) is 180 cm³/mol. The standard InChI is InChI=1S/C37H43N3O4S/c1-27-15-19-32(20-16-27)40(45(43,44)33-21-17-28(2)18-22-33)26-35(41)39(25-31-14-10-11-29(3)23-31)34(36(42)38-37(4,5)6)24-30-12-8-7-9-13-30/h7-23,34H,24-26H2,1-6H3,(H,38,42). The lowest BCUT2D eigenvalue weighted by molar-refractivity contribution is -0.140. The van der Waals surface area contributed by atoms with Crippen molar-refractivity contribution < 1.29 is 18.0 Å². The Morgan fingerprint density at radius 1 is 0.733 bits per heavy atom.